The van der Waals surface area contributed by atoms with Crippen LogP contribution in [-0.2, 0) is 12.8 Å². The first-order valence-corrected chi connectivity index (χ1v) is 7.83. The fourth-order valence-corrected chi connectivity index (χ4v) is 2.87. The Morgan fingerprint density at radius 1 is 1.06 bits per heavy atom. The van der Waals surface area contributed by atoms with Crippen molar-refractivity contribution < 1.29 is 3.89 Å². The summed E-state index contributed by atoms with van der Waals surface area (Å²) >= 11 is 3.98. The molecule has 0 atom stereocenters. The molecule has 1 aromatic carbocycles. The summed E-state index contributed by atoms with van der Waals surface area (Å²) in [5, 5.41) is 0. The maximum Gasteiger partial charge on any atom is 0.0815 e. The highest BCUT2D eigenvalue weighted by atomic mass is 79.9. The van der Waals surface area contributed by atoms with E-state index in [1.54, 1.807) is 0 Å². The zero-order valence-electron chi connectivity index (χ0n) is 10.6. The fraction of sp³-hybridized carbons (Fsp3) is 0.571. The fourth-order valence-electron chi connectivity index (χ4n) is 1.83. The van der Waals surface area contributed by atoms with Crippen LogP contribution in [0.2, 0.25) is 0 Å². The highest BCUT2D eigenvalue weighted by molar-refractivity contribution is 9.10. The summed E-state index contributed by atoms with van der Waals surface area (Å²) in [6.45, 7) is 4.33. The molecule has 0 aliphatic rings. The summed E-state index contributed by atoms with van der Waals surface area (Å²) in [7, 11) is 0. The van der Waals surface area contributed by atoms with Gasteiger partial charge >= 0.3 is 0 Å². The highest BCUT2D eigenvalue weighted by Gasteiger charge is 2.09. The second-order valence-electron chi connectivity index (χ2n) is 4.34. The average Bonchev–Trinajstić information content (AvgIpc) is 2.35. The highest BCUT2D eigenvalue weighted by Crippen LogP contribution is 2.31. The quantitative estimate of drug-likeness (QED) is 0.584. The van der Waals surface area contributed by atoms with Crippen LogP contribution >= 0.6 is 28.1 Å². The van der Waals surface area contributed by atoms with Crippen molar-refractivity contribution in [1.29, 1.82) is 0 Å². The summed E-state index contributed by atoms with van der Waals surface area (Å²) in [4.78, 5) is 0.799. The molecule has 0 fully saturated rings. The van der Waals surface area contributed by atoms with Crippen molar-refractivity contribution >= 4 is 28.1 Å². The maximum absolute atomic E-state index is 12.9. The number of hydrogen-bond acceptors (Lipinski definition) is 1. The van der Waals surface area contributed by atoms with Gasteiger partial charge in [-0.15, -0.1) is 0 Å². The van der Waals surface area contributed by atoms with Gasteiger partial charge in [-0.25, -0.2) is 0 Å². The van der Waals surface area contributed by atoms with Crippen molar-refractivity contribution in [2.75, 3.05) is 0 Å². The summed E-state index contributed by atoms with van der Waals surface area (Å²) in [5.41, 5.74) is 2.36. The Bertz CT molecular complexity index is 352. The second kappa shape index (κ2) is 8.15. The van der Waals surface area contributed by atoms with E-state index in [-0.39, 0.29) is 0 Å². The van der Waals surface area contributed by atoms with Crippen LogP contribution < -0.4 is 0 Å². The van der Waals surface area contributed by atoms with Crippen LogP contribution in [0.4, 0.5) is 3.89 Å². The molecule has 0 bridgehead atoms. The SMILES string of the molecule is CCCCc1cc(SF)c(CCCC)cc1Br. The van der Waals surface area contributed by atoms with E-state index < -0.39 is 0 Å². The van der Waals surface area contributed by atoms with Gasteiger partial charge in [-0.3, -0.25) is 0 Å². The van der Waals surface area contributed by atoms with E-state index >= 15 is 0 Å². The van der Waals surface area contributed by atoms with Gasteiger partial charge in [-0.05, 0) is 48.9 Å². The molecule has 0 saturated heterocycles. The van der Waals surface area contributed by atoms with Crippen LogP contribution in [0.5, 0.6) is 0 Å². The van der Waals surface area contributed by atoms with Crippen LogP contribution in [0.3, 0.4) is 0 Å². The third kappa shape index (κ3) is 4.63. The van der Waals surface area contributed by atoms with Gasteiger partial charge in [0.15, 0.2) is 0 Å². The van der Waals surface area contributed by atoms with Crippen molar-refractivity contribution in [3.8, 4) is 0 Å². The van der Waals surface area contributed by atoms with Crippen LogP contribution in [0, 0.1) is 0 Å². The summed E-state index contributed by atoms with van der Waals surface area (Å²) < 4.78 is 14.1. The number of hydrogen-bond donors (Lipinski definition) is 0. The number of rotatable bonds is 7. The van der Waals surface area contributed by atoms with Crippen LogP contribution in [0.15, 0.2) is 21.5 Å². The standard InChI is InChI=1S/C14H20BrFS/c1-3-5-7-11-10-14(17-16)12(8-6-4-2)9-13(11)15/h9-10H,3-8H2,1-2H3. The minimum atomic E-state index is 0.381. The van der Waals surface area contributed by atoms with E-state index in [0.717, 1.165) is 47.0 Å². The van der Waals surface area contributed by atoms with Gasteiger partial charge in [0.05, 0.1) is 12.1 Å². The second-order valence-corrected chi connectivity index (χ2v) is 5.78. The molecule has 96 valence electrons. The first-order chi connectivity index (χ1) is 8.22. The molecule has 0 aliphatic carbocycles. The van der Waals surface area contributed by atoms with E-state index in [1.165, 1.54) is 12.0 Å². The minimum Gasteiger partial charge on any atom is -0.160 e. The average molecular weight is 319 g/mol. The first kappa shape index (κ1) is 15.0. The third-order valence-electron chi connectivity index (χ3n) is 2.91. The molecule has 0 spiro atoms. The summed E-state index contributed by atoms with van der Waals surface area (Å²) in [6, 6.07) is 4.11. The predicted molar refractivity (Wildman–Crippen MR) is 78.3 cm³/mol. The first-order valence-electron chi connectivity index (χ1n) is 6.32. The van der Waals surface area contributed by atoms with Gasteiger partial charge in [-0.2, -0.15) is 3.89 Å². The number of benzene rings is 1. The van der Waals surface area contributed by atoms with E-state index in [0.29, 0.717) is 12.1 Å². The molecule has 0 unspecified atom stereocenters. The molecule has 0 amide bonds. The molecule has 0 N–H and O–H groups in total. The summed E-state index contributed by atoms with van der Waals surface area (Å²) in [5.74, 6) is 0. The normalized spacial score (nSPS) is 10.8. The monoisotopic (exact) mass is 318 g/mol. The molecule has 0 saturated carbocycles. The molecule has 0 radical (unpaired) electrons. The lowest BCUT2D eigenvalue weighted by Crippen LogP contribution is -1.94. The molecule has 0 aromatic heterocycles. The van der Waals surface area contributed by atoms with Crippen LogP contribution in [0.1, 0.15) is 50.7 Å². The third-order valence-corrected chi connectivity index (χ3v) is 4.20. The largest absolute Gasteiger partial charge is 0.160 e. The lowest BCUT2D eigenvalue weighted by Gasteiger charge is -2.10. The van der Waals surface area contributed by atoms with Crippen molar-refractivity contribution in [2.24, 2.45) is 0 Å². The molecule has 0 heterocycles. The molecular formula is C14H20BrFS. The van der Waals surface area contributed by atoms with Crippen molar-refractivity contribution in [2.45, 2.75) is 57.3 Å². The Kier molecular flexibility index (Phi) is 7.21. The van der Waals surface area contributed by atoms with E-state index in [1.807, 2.05) is 6.07 Å². The molecule has 1 rings (SSSR count). The van der Waals surface area contributed by atoms with Gasteiger partial charge in [0.25, 0.3) is 0 Å². The van der Waals surface area contributed by atoms with Crippen LogP contribution in [0.25, 0.3) is 0 Å². The van der Waals surface area contributed by atoms with Crippen molar-refractivity contribution in [1.82, 2.24) is 0 Å². The number of unbranched alkanes of at least 4 members (excludes halogenated alkanes) is 2. The Balaban J connectivity index is 2.89. The van der Waals surface area contributed by atoms with Gasteiger partial charge in [0.1, 0.15) is 0 Å². The van der Waals surface area contributed by atoms with Crippen molar-refractivity contribution in [3.05, 3.63) is 27.7 Å². The Labute approximate surface area is 117 Å². The summed E-state index contributed by atoms with van der Waals surface area (Å²) in [6.07, 6.45) is 6.58. The smallest absolute Gasteiger partial charge is 0.0815 e. The van der Waals surface area contributed by atoms with E-state index in [2.05, 4.69) is 35.8 Å². The van der Waals surface area contributed by atoms with Gasteiger partial charge < -0.3 is 0 Å². The molecule has 1 aromatic rings. The molecule has 0 nitrogen and oxygen atoms in total. The number of aryl methyl sites for hydroxylation is 2. The van der Waals surface area contributed by atoms with E-state index in [4.69, 9.17) is 0 Å². The van der Waals surface area contributed by atoms with Gasteiger partial charge in [0, 0.05) is 9.37 Å². The Morgan fingerprint density at radius 3 is 2.18 bits per heavy atom. The lowest BCUT2D eigenvalue weighted by atomic mass is 10.0. The topological polar surface area (TPSA) is 0 Å². The molecule has 3 heteroatoms. The van der Waals surface area contributed by atoms with E-state index in [9.17, 15) is 3.89 Å². The molecular weight excluding hydrogens is 299 g/mol. The Hall–Kier alpha value is -0.0200. The van der Waals surface area contributed by atoms with Crippen molar-refractivity contribution in [3.63, 3.8) is 0 Å². The lowest BCUT2D eigenvalue weighted by molar-refractivity contribution is 0.771. The molecule has 17 heavy (non-hydrogen) atoms. The van der Waals surface area contributed by atoms with Crippen LogP contribution in [-0.4, -0.2) is 0 Å². The maximum atomic E-state index is 12.9. The minimum absolute atomic E-state index is 0.381. The molecule has 0 aliphatic heterocycles. The predicted octanol–water partition coefficient (Wildman–Crippen LogP) is 6.11. The van der Waals surface area contributed by atoms with Gasteiger partial charge in [0.2, 0.25) is 0 Å². The number of halogens is 2. The Morgan fingerprint density at radius 2 is 1.65 bits per heavy atom. The zero-order chi connectivity index (χ0) is 12.7. The zero-order valence-corrected chi connectivity index (χ0v) is 13.0. The van der Waals surface area contributed by atoms with Gasteiger partial charge in [-0.1, -0.05) is 42.6 Å².